The van der Waals surface area contributed by atoms with E-state index in [1.165, 1.54) is 0 Å². The monoisotopic (exact) mass is 284 g/mol. The van der Waals surface area contributed by atoms with E-state index in [1.54, 1.807) is 34.2 Å². The molecule has 0 amide bonds. The fourth-order valence-electron chi connectivity index (χ4n) is 1.28. The average Bonchev–Trinajstić information content (AvgIpc) is 2.59. The zero-order valence-electron chi connectivity index (χ0n) is 7.81. The van der Waals surface area contributed by atoms with E-state index in [4.69, 9.17) is 5.73 Å². The molecule has 0 unspecified atom stereocenters. The highest BCUT2D eigenvalue weighted by atomic mass is 79.9. The lowest BCUT2D eigenvalue weighted by molar-refractivity contribution is 0.773. The van der Waals surface area contributed by atoms with E-state index >= 15 is 0 Å². The normalized spacial score (nSPS) is 10.5. The molecule has 78 valence electrons. The molecule has 0 aliphatic heterocycles. The van der Waals surface area contributed by atoms with Crippen molar-refractivity contribution in [3.8, 4) is 0 Å². The summed E-state index contributed by atoms with van der Waals surface area (Å²) in [7, 11) is 0. The van der Waals surface area contributed by atoms with Gasteiger partial charge in [0.15, 0.2) is 0 Å². The molecule has 15 heavy (non-hydrogen) atoms. The van der Waals surface area contributed by atoms with Crippen LogP contribution in [0.15, 0.2) is 39.0 Å². The second kappa shape index (κ2) is 4.20. The number of aromatic nitrogens is 1. The molecule has 2 heterocycles. The number of thiophene rings is 1. The summed E-state index contributed by atoms with van der Waals surface area (Å²) in [5.74, 6) is 0. The molecule has 2 rings (SSSR count). The first-order chi connectivity index (χ1) is 7.16. The van der Waals surface area contributed by atoms with Crippen LogP contribution in [-0.4, -0.2) is 4.57 Å². The van der Waals surface area contributed by atoms with Crippen molar-refractivity contribution in [2.75, 3.05) is 5.73 Å². The summed E-state index contributed by atoms with van der Waals surface area (Å²) >= 11 is 5.00. The van der Waals surface area contributed by atoms with E-state index in [0.717, 1.165) is 8.66 Å². The van der Waals surface area contributed by atoms with Crippen molar-refractivity contribution >= 4 is 33.0 Å². The maximum atomic E-state index is 11.6. The molecule has 0 aromatic carbocycles. The molecule has 0 radical (unpaired) electrons. The molecule has 2 aromatic rings. The van der Waals surface area contributed by atoms with Gasteiger partial charge in [0.1, 0.15) is 0 Å². The van der Waals surface area contributed by atoms with Crippen LogP contribution in [0.25, 0.3) is 0 Å². The highest BCUT2D eigenvalue weighted by Gasteiger charge is 2.02. The molecule has 0 aliphatic carbocycles. The van der Waals surface area contributed by atoms with Gasteiger partial charge in [-0.25, -0.2) is 0 Å². The summed E-state index contributed by atoms with van der Waals surface area (Å²) in [5, 5.41) is 0. The maximum absolute atomic E-state index is 11.6. The van der Waals surface area contributed by atoms with Crippen LogP contribution >= 0.6 is 27.3 Å². The van der Waals surface area contributed by atoms with E-state index in [2.05, 4.69) is 15.9 Å². The Labute approximate surface area is 99.3 Å². The highest BCUT2D eigenvalue weighted by Crippen LogP contribution is 2.22. The molecule has 2 N–H and O–H groups in total. The van der Waals surface area contributed by atoms with Crippen LogP contribution in [0.4, 0.5) is 5.69 Å². The summed E-state index contributed by atoms with van der Waals surface area (Å²) in [5.41, 5.74) is 5.69. The first-order valence-corrected chi connectivity index (χ1v) is 5.97. The Morgan fingerprint density at radius 3 is 2.87 bits per heavy atom. The lowest BCUT2D eigenvalue weighted by atomic mass is 10.4. The van der Waals surface area contributed by atoms with Gasteiger partial charge in [-0.05, 0) is 40.2 Å². The minimum atomic E-state index is -0.137. The summed E-state index contributed by atoms with van der Waals surface area (Å²) in [6.07, 6.45) is 1.74. The minimum Gasteiger partial charge on any atom is -0.394 e. The van der Waals surface area contributed by atoms with Crippen LogP contribution in [0.1, 0.15) is 4.88 Å². The summed E-state index contributed by atoms with van der Waals surface area (Å²) in [6, 6.07) is 7.35. The second-order valence-corrected chi connectivity index (χ2v) is 5.65. The number of anilines is 1. The van der Waals surface area contributed by atoms with Crippen molar-refractivity contribution in [1.82, 2.24) is 4.57 Å². The fourth-order valence-corrected chi connectivity index (χ4v) is 2.77. The predicted molar refractivity (Wildman–Crippen MR) is 66.2 cm³/mol. The Bertz CT molecular complexity index is 532. The maximum Gasteiger partial charge on any atom is 0.273 e. The smallest absolute Gasteiger partial charge is 0.273 e. The third-order valence-electron chi connectivity index (χ3n) is 2.00. The SMILES string of the molecule is Nc1cccn(Cc2ccc(Br)s2)c1=O. The van der Waals surface area contributed by atoms with Gasteiger partial charge in [-0.15, -0.1) is 11.3 Å². The third-order valence-corrected chi connectivity index (χ3v) is 3.61. The molecule has 0 atom stereocenters. The van der Waals surface area contributed by atoms with Gasteiger partial charge < -0.3 is 10.3 Å². The van der Waals surface area contributed by atoms with Gasteiger partial charge in [0.25, 0.3) is 5.56 Å². The molecule has 0 saturated carbocycles. The molecule has 0 aliphatic rings. The van der Waals surface area contributed by atoms with Gasteiger partial charge in [-0.2, -0.15) is 0 Å². The minimum absolute atomic E-state index is 0.137. The third kappa shape index (κ3) is 2.30. The molecule has 0 spiro atoms. The Hall–Kier alpha value is -1.07. The number of halogens is 1. The van der Waals surface area contributed by atoms with Crippen LogP contribution in [-0.2, 0) is 6.54 Å². The van der Waals surface area contributed by atoms with E-state index in [9.17, 15) is 4.79 Å². The Morgan fingerprint density at radius 1 is 1.40 bits per heavy atom. The number of hydrogen-bond donors (Lipinski definition) is 1. The molecule has 3 nitrogen and oxygen atoms in total. The van der Waals surface area contributed by atoms with Crippen molar-refractivity contribution < 1.29 is 0 Å². The van der Waals surface area contributed by atoms with Gasteiger partial charge in [0, 0.05) is 11.1 Å². The van der Waals surface area contributed by atoms with Crippen molar-refractivity contribution in [2.24, 2.45) is 0 Å². The molecule has 2 aromatic heterocycles. The Morgan fingerprint density at radius 2 is 2.20 bits per heavy atom. The van der Waals surface area contributed by atoms with Crippen molar-refractivity contribution in [1.29, 1.82) is 0 Å². The van der Waals surface area contributed by atoms with E-state index in [-0.39, 0.29) is 11.2 Å². The van der Waals surface area contributed by atoms with Crippen LogP contribution in [0.3, 0.4) is 0 Å². The standard InChI is InChI=1S/C10H9BrN2OS/c11-9-4-3-7(15-9)6-13-5-1-2-8(12)10(13)14/h1-5H,6,12H2. The van der Waals surface area contributed by atoms with Crippen molar-refractivity contribution in [2.45, 2.75) is 6.54 Å². The van der Waals surface area contributed by atoms with Gasteiger partial charge in [0.05, 0.1) is 16.0 Å². The predicted octanol–water partition coefficient (Wildman–Crippen LogP) is 2.30. The highest BCUT2D eigenvalue weighted by molar-refractivity contribution is 9.11. The number of nitrogens with zero attached hydrogens (tertiary/aromatic N) is 1. The topological polar surface area (TPSA) is 48.0 Å². The van der Waals surface area contributed by atoms with Crippen LogP contribution < -0.4 is 11.3 Å². The summed E-state index contributed by atoms with van der Waals surface area (Å²) in [6.45, 7) is 0.570. The molecular weight excluding hydrogens is 276 g/mol. The zero-order valence-corrected chi connectivity index (χ0v) is 10.2. The number of nitrogen functional groups attached to an aromatic ring is 1. The van der Waals surface area contributed by atoms with E-state index in [0.29, 0.717) is 6.54 Å². The number of rotatable bonds is 2. The summed E-state index contributed by atoms with van der Waals surface area (Å²) in [4.78, 5) is 12.7. The molecule has 0 saturated heterocycles. The first kappa shape index (κ1) is 10.4. The largest absolute Gasteiger partial charge is 0.394 e. The number of hydrogen-bond acceptors (Lipinski definition) is 3. The fraction of sp³-hybridized carbons (Fsp3) is 0.100. The molecule has 0 bridgehead atoms. The van der Waals surface area contributed by atoms with Gasteiger partial charge in [-0.1, -0.05) is 0 Å². The van der Waals surface area contributed by atoms with Gasteiger partial charge >= 0.3 is 0 Å². The Kier molecular flexibility index (Phi) is 2.93. The lowest BCUT2D eigenvalue weighted by Crippen LogP contribution is -2.21. The second-order valence-electron chi connectivity index (χ2n) is 3.10. The van der Waals surface area contributed by atoms with Crippen molar-refractivity contribution in [3.63, 3.8) is 0 Å². The number of nitrogens with two attached hydrogens (primary N) is 1. The van der Waals surface area contributed by atoms with E-state index in [1.807, 2.05) is 12.1 Å². The van der Waals surface area contributed by atoms with Gasteiger partial charge in [0.2, 0.25) is 0 Å². The van der Waals surface area contributed by atoms with Gasteiger partial charge in [-0.3, -0.25) is 4.79 Å². The molecular formula is C10H9BrN2OS. The first-order valence-electron chi connectivity index (χ1n) is 4.36. The Balaban J connectivity index is 2.32. The van der Waals surface area contributed by atoms with Crippen LogP contribution in [0.2, 0.25) is 0 Å². The van der Waals surface area contributed by atoms with E-state index < -0.39 is 0 Å². The quantitative estimate of drug-likeness (QED) is 0.920. The average molecular weight is 285 g/mol. The van der Waals surface area contributed by atoms with Crippen LogP contribution in [0.5, 0.6) is 0 Å². The molecule has 0 fully saturated rings. The summed E-state index contributed by atoms with van der Waals surface area (Å²) < 4.78 is 2.67. The zero-order chi connectivity index (χ0) is 10.8. The molecule has 5 heteroatoms. The lowest BCUT2D eigenvalue weighted by Gasteiger charge is -2.03. The van der Waals surface area contributed by atoms with Crippen molar-refractivity contribution in [3.05, 3.63) is 49.5 Å². The van der Waals surface area contributed by atoms with Crippen LogP contribution in [0, 0.1) is 0 Å². The number of pyridine rings is 1.